The van der Waals surface area contributed by atoms with Gasteiger partial charge < -0.3 is 10.6 Å². The first-order valence-electron chi connectivity index (χ1n) is 5.52. The van der Waals surface area contributed by atoms with E-state index >= 15 is 0 Å². The predicted octanol–water partition coefficient (Wildman–Crippen LogP) is 0.965. The van der Waals surface area contributed by atoms with Crippen molar-refractivity contribution in [3.63, 3.8) is 0 Å². The van der Waals surface area contributed by atoms with Gasteiger partial charge in [-0.15, -0.1) is 0 Å². The Morgan fingerprint density at radius 2 is 2.43 bits per heavy atom. The zero-order valence-electron chi connectivity index (χ0n) is 8.51. The third-order valence-corrected chi connectivity index (χ3v) is 3.02. The normalized spacial score (nSPS) is 22.4. The molecule has 1 aliphatic carbocycles. The lowest BCUT2D eigenvalue weighted by molar-refractivity contribution is -0.121. The number of amides is 1. The molecule has 1 saturated carbocycles. The van der Waals surface area contributed by atoms with Crippen LogP contribution in [0.1, 0.15) is 32.1 Å². The maximum Gasteiger partial charge on any atom is 0.224 e. The highest BCUT2D eigenvalue weighted by atomic mass is 16.1. The van der Waals surface area contributed by atoms with Gasteiger partial charge in [0.05, 0.1) is 0 Å². The monoisotopic (exact) mass is 194 g/mol. The van der Waals surface area contributed by atoms with Crippen molar-refractivity contribution in [1.29, 1.82) is 0 Å². The Kier molecular flexibility index (Phi) is 3.19. The Morgan fingerprint density at radius 3 is 3.00 bits per heavy atom. The van der Waals surface area contributed by atoms with Gasteiger partial charge >= 0.3 is 0 Å². The van der Waals surface area contributed by atoms with Gasteiger partial charge in [0.2, 0.25) is 5.91 Å². The molecular formula is C11H18N2O. The molecule has 1 fully saturated rings. The summed E-state index contributed by atoms with van der Waals surface area (Å²) in [7, 11) is 0. The summed E-state index contributed by atoms with van der Waals surface area (Å²) in [5.74, 6) is 0.211. The SMILES string of the molecule is O=C(CC1=CCNCC1)NC1CCC1. The number of hydrogen-bond donors (Lipinski definition) is 2. The number of carbonyl (C=O) groups is 1. The van der Waals surface area contributed by atoms with Gasteiger partial charge in [0.15, 0.2) is 0 Å². The first kappa shape index (κ1) is 9.71. The molecule has 0 bridgehead atoms. The summed E-state index contributed by atoms with van der Waals surface area (Å²) in [5.41, 5.74) is 1.29. The number of rotatable bonds is 3. The molecule has 2 rings (SSSR count). The molecule has 1 amide bonds. The van der Waals surface area contributed by atoms with Crippen molar-refractivity contribution in [2.75, 3.05) is 13.1 Å². The van der Waals surface area contributed by atoms with Gasteiger partial charge in [-0.25, -0.2) is 0 Å². The number of hydrogen-bond acceptors (Lipinski definition) is 2. The van der Waals surface area contributed by atoms with Crippen molar-refractivity contribution in [3.05, 3.63) is 11.6 Å². The summed E-state index contributed by atoms with van der Waals surface area (Å²) in [6.07, 6.45) is 7.40. The van der Waals surface area contributed by atoms with E-state index in [4.69, 9.17) is 0 Å². The molecule has 2 N–H and O–H groups in total. The quantitative estimate of drug-likeness (QED) is 0.657. The fourth-order valence-electron chi connectivity index (χ4n) is 1.87. The summed E-state index contributed by atoms with van der Waals surface area (Å²) in [5, 5.41) is 6.31. The largest absolute Gasteiger partial charge is 0.353 e. The van der Waals surface area contributed by atoms with E-state index < -0.39 is 0 Å². The van der Waals surface area contributed by atoms with Crippen molar-refractivity contribution >= 4 is 5.91 Å². The van der Waals surface area contributed by atoms with Crippen LogP contribution in [-0.4, -0.2) is 25.0 Å². The van der Waals surface area contributed by atoms with Crippen LogP contribution in [0.2, 0.25) is 0 Å². The number of nitrogens with one attached hydrogen (secondary N) is 2. The van der Waals surface area contributed by atoms with Crippen LogP contribution in [0.3, 0.4) is 0 Å². The van der Waals surface area contributed by atoms with Crippen LogP contribution in [0, 0.1) is 0 Å². The van der Waals surface area contributed by atoms with Crippen molar-refractivity contribution in [1.82, 2.24) is 10.6 Å². The molecule has 0 aromatic rings. The topological polar surface area (TPSA) is 41.1 Å². The van der Waals surface area contributed by atoms with Crippen molar-refractivity contribution in [2.24, 2.45) is 0 Å². The average molecular weight is 194 g/mol. The van der Waals surface area contributed by atoms with E-state index in [0.717, 1.165) is 19.5 Å². The summed E-state index contributed by atoms with van der Waals surface area (Å²) in [6, 6.07) is 0.477. The molecule has 0 aromatic heterocycles. The van der Waals surface area contributed by atoms with E-state index in [0.29, 0.717) is 12.5 Å². The number of carbonyl (C=O) groups excluding carboxylic acids is 1. The van der Waals surface area contributed by atoms with Gasteiger partial charge in [-0.2, -0.15) is 0 Å². The van der Waals surface area contributed by atoms with E-state index in [-0.39, 0.29) is 5.91 Å². The Labute approximate surface area is 84.9 Å². The summed E-state index contributed by atoms with van der Waals surface area (Å²) >= 11 is 0. The van der Waals surface area contributed by atoms with Gasteiger partial charge in [-0.3, -0.25) is 4.79 Å². The zero-order valence-corrected chi connectivity index (χ0v) is 8.51. The van der Waals surface area contributed by atoms with E-state index in [1.54, 1.807) is 0 Å². The minimum Gasteiger partial charge on any atom is -0.353 e. The highest BCUT2D eigenvalue weighted by molar-refractivity contribution is 5.78. The second kappa shape index (κ2) is 4.60. The van der Waals surface area contributed by atoms with Crippen LogP contribution in [0.25, 0.3) is 0 Å². The van der Waals surface area contributed by atoms with Crippen molar-refractivity contribution in [2.45, 2.75) is 38.1 Å². The zero-order chi connectivity index (χ0) is 9.80. The lowest BCUT2D eigenvalue weighted by Gasteiger charge is -2.26. The molecule has 0 unspecified atom stereocenters. The third-order valence-electron chi connectivity index (χ3n) is 3.02. The standard InChI is InChI=1S/C11H18N2O/c14-11(13-10-2-1-3-10)8-9-4-6-12-7-5-9/h4,10,12H,1-3,5-8H2,(H,13,14). The first-order valence-corrected chi connectivity index (χ1v) is 5.52. The predicted molar refractivity (Wildman–Crippen MR) is 56.0 cm³/mol. The maximum absolute atomic E-state index is 11.5. The lowest BCUT2D eigenvalue weighted by atomic mass is 9.93. The lowest BCUT2D eigenvalue weighted by Crippen LogP contribution is -2.39. The molecule has 78 valence electrons. The van der Waals surface area contributed by atoms with E-state index in [2.05, 4.69) is 16.7 Å². The average Bonchev–Trinajstić information content (AvgIpc) is 2.13. The molecule has 3 heteroatoms. The van der Waals surface area contributed by atoms with Crippen LogP contribution >= 0.6 is 0 Å². The fourth-order valence-corrected chi connectivity index (χ4v) is 1.87. The summed E-state index contributed by atoms with van der Waals surface area (Å²) < 4.78 is 0. The summed E-state index contributed by atoms with van der Waals surface area (Å²) in [4.78, 5) is 11.5. The van der Waals surface area contributed by atoms with Gasteiger partial charge in [-0.05, 0) is 32.2 Å². The Bertz CT molecular complexity index is 244. The van der Waals surface area contributed by atoms with Crippen LogP contribution in [-0.2, 0) is 4.79 Å². The molecular weight excluding hydrogens is 176 g/mol. The van der Waals surface area contributed by atoms with Crippen molar-refractivity contribution < 1.29 is 4.79 Å². The minimum atomic E-state index is 0.211. The van der Waals surface area contributed by atoms with E-state index in [9.17, 15) is 4.79 Å². The highest BCUT2D eigenvalue weighted by Gasteiger charge is 2.19. The molecule has 3 nitrogen and oxygen atoms in total. The van der Waals surface area contributed by atoms with Crippen LogP contribution in [0.4, 0.5) is 0 Å². The molecule has 2 aliphatic rings. The van der Waals surface area contributed by atoms with Gasteiger partial charge in [0.1, 0.15) is 0 Å². The minimum absolute atomic E-state index is 0.211. The molecule has 14 heavy (non-hydrogen) atoms. The second-order valence-electron chi connectivity index (χ2n) is 4.19. The second-order valence-corrected chi connectivity index (χ2v) is 4.19. The molecule has 0 radical (unpaired) electrons. The van der Waals surface area contributed by atoms with E-state index in [1.807, 2.05) is 0 Å². The van der Waals surface area contributed by atoms with Crippen LogP contribution < -0.4 is 10.6 Å². The molecule has 0 atom stereocenters. The van der Waals surface area contributed by atoms with E-state index in [1.165, 1.54) is 24.8 Å². The molecule has 0 aromatic carbocycles. The fraction of sp³-hybridized carbons (Fsp3) is 0.727. The Morgan fingerprint density at radius 1 is 1.57 bits per heavy atom. The van der Waals surface area contributed by atoms with Gasteiger partial charge in [0.25, 0.3) is 0 Å². The molecule has 1 heterocycles. The summed E-state index contributed by atoms with van der Waals surface area (Å²) in [6.45, 7) is 1.94. The Hall–Kier alpha value is -0.830. The van der Waals surface area contributed by atoms with Crippen LogP contribution in [0.15, 0.2) is 11.6 Å². The smallest absolute Gasteiger partial charge is 0.224 e. The molecule has 0 saturated heterocycles. The molecule has 0 spiro atoms. The molecule has 1 aliphatic heterocycles. The van der Waals surface area contributed by atoms with Gasteiger partial charge in [-0.1, -0.05) is 11.6 Å². The maximum atomic E-state index is 11.5. The Balaban J connectivity index is 1.72. The third kappa shape index (κ3) is 2.58. The van der Waals surface area contributed by atoms with Crippen molar-refractivity contribution in [3.8, 4) is 0 Å². The highest BCUT2D eigenvalue weighted by Crippen LogP contribution is 2.18. The van der Waals surface area contributed by atoms with Crippen LogP contribution in [0.5, 0.6) is 0 Å². The first-order chi connectivity index (χ1) is 6.84. The van der Waals surface area contributed by atoms with Gasteiger partial charge in [0, 0.05) is 19.0 Å².